The second-order valence-corrected chi connectivity index (χ2v) is 8.44. The van der Waals surface area contributed by atoms with Crippen LogP contribution < -0.4 is 9.64 Å². The Labute approximate surface area is 204 Å². The van der Waals surface area contributed by atoms with Gasteiger partial charge in [-0.2, -0.15) is 0 Å². The minimum Gasteiger partial charge on any atom is -0.497 e. The van der Waals surface area contributed by atoms with Crippen LogP contribution in [-0.4, -0.2) is 65.6 Å². The number of carbonyl (C=O) groups excluding carboxylic acids is 1. The maximum absolute atomic E-state index is 12.9. The summed E-state index contributed by atoms with van der Waals surface area (Å²) in [5, 5.41) is 7.53. The Hall–Kier alpha value is -3.26. The van der Waals surface area contributed by atoms with E-state index in [9.17, 15) is 4.79 Å². The van der Waals surface area contributed by atoms with Crippen LogP contribution in [0.15, 0.2) is 36.4 Å². The summed E-state index contributed by atoms with van der Waals surface area (Å²) >= 11 is 6.55. The fraction of sp³-hybridized carbons (Fsp3) is 0.400. The quantitative estimate of drug-likeness (QED) is 0.491. The van der Waals surface area contributed by atoms with Crippen LogP contribution in [0.3, 0.4) is 0 Å². The molecule has 2 heterocycles. The minimum absolute atomic E-state index is 0.0337. The number of amides is 1. The Morgan fingerprint density at radius 1 is 1.29 bits per heavy atom. The van der Waals surface area contributed by atoms with E-state index in [2.05, 4.69) is 16.0 Å². The second-order valence-electron chi connectivity index (χ2n) is 8.03. The number of methoxy groups -OCH3 is 1. The molecule has 1 aliphatic rings. The fourth-order valence-corrected chi connectivity index (χ4v) is 4.55. The number of fused-ring (bicyclic) bond motifs is 1. The number of nitrogens with one attached hydrogen (secondary N) is 1. The zero-order chi connectivity index (χ0) is 24.7. The first-order valence-electron chi connectivity index (χ1n) is 11.4. The molecule has 2 N–H and O–H groups in total. The summed E-state index contributed by atoms with van der Waals surface area (Å²) < 4.78 is 5.31. The summed E-state index contributed by atoms with van der Waals surface area (Å²) in [5.74, 6) is 1.80. The largest absolute Gasteiger partial charge is 0.497 e. The molecule has 0 saturated carbocycles. The number of anilines is 1. The molecule has 0 aliphatic carbocycles. The maximum atomic E-state index is 12.9. The molecule has 0 radical (unpaired) electrons. The molecule has 1 aromatic heterocycles. The number of ether oxygens (including phenoxy) is 1. The molecule has 0 bridgehead atoms. The molecule has 1 unspecified atom stereocenters. The Morgan fingerprint density at radius 2 is 2.03 bits per heavy atom. The number of aromatic amines is 1. The number of piperidine rings is 1. The van der Waals surface area contributed by atoms with Gasteiger partial charge in [-0.3, -0.25) is 9.59 Å². The molecule has 3 aromatic rings. The van der Waals surface area contributed by atoms with E-state index in [1.165, 1.54) is 0 Å². The van der Waals surface area contributed by atoms with Crippen molar-refractivity contribution in [1.29, 1.82) is 0 Å². The Morgan fingerprint density at radius 3 is 2.71 bits per heavy atom. The van der Waals surface area contributed by atoms with Gasteiger partial charge < -0.3 is 24.6 Å². The van der Waals surface area contributed by atoms with Crippen molar-refractivity contribution in [2.45, 2.75) is 26.7 Å². The van der Waals surface area contributed by atoms with Gasteiger partial charge in [-0.1, -0.05) is 11.6 Å². The fourth-order valence-electron chi connectivity index (χ4n) is 4.34. The minimum atomic E-state index is -0.250. The van der Waals surface area contributed by atoms with E-state index in [-0.39, 0.29) is 18.3 Å². The highest BCUT2D eigenvalue weighted by atomic mass is 35.5. The molecule has 4 rings (SSSR count). The number of carbonyl (C=O) groups is 2. The number of nitrogens with zero attached hydrogens (tertiary/aromatic N) is 3. The molecular weight excluding hydrogens is 456 g/mol. The van der Waals surface area contributed by atoms with Crippen molar-refractivity contribution >= 4 is 40.7 Å². The summed E-state index contributed by atoms with van der Waals surface area (Å²) in [7, 11) is 1.65. The number of rotatable bonds is 6. The highest BCUT2D eigenvalue weighted by Crippen LogP contribution is 2.34. The lowest BCUT2D eigenvalue weighted by Gasteiger charge is -2.36. The average molecular weight is 487 g/mol. The van der Waals surface area contributed by atoms with Crippen LogP contribution in [0.1, 0.15) is 26.7 Å². The molecule has 1 fully saturated rings. The summed E-state index contributed by atoms with van der Waals surface area (Å²) in [6, 6.07) is 11.8. The molecule has 1 aliphatic heterocycles. The van der Waals surface area contributed by atoms with Crippen LogP contribution in [0.25, 0.3) is 22.4 Å². The van der Waals surface area contributed by atoms with E-state index in [0.717, 1.165) is 72.9 Å². The van der Waals surface area contributed by atoms with Crippen LogP contribution >= 0.6 is 11.6 Å². The van der Waals surface area contributed by atoms with Gasteiger partial charge in [0.05, 0.1) is 29.1 Å². The molecule has 9 heteroatoms. The van der Waals surface area contributed by atoms with Crippen LogP contribution in [-0.2, 0) is 9.59 Å². The first kappa shape index (κ1) is 25.4. The van der Waals surface area contributed by atoms with Crippen molar-refractivity contribution in [2.75, 3.05) is 38.2 Å². The smallest absolute Gasteiger partial charge is 0.290 e. The predicted octanol–water partition coefficient (Wildman–Crippen LogP) is 4.68. The van der Waals surface area contributed by atoms with Gasteiger partial charge in [-0.25, -0.2) is 4.98 Å². The van der Waals surface area contributed by atoms with Crippen LogP contribution in [0.4, 0.5) is 5.69 Å². The molecular formula is C25H31ClN4O4. The van der Waals surface area contributed by atoms with Crippen LogP contribution in [0.2, 0.25) is 5.02 Å². The molecule has 0 spiro atoms. The Bertz CT molecular complexity index is 1130. The normalized spacial score (nSPS) is 15.4. The van der Waals surface area contributed by atoms with Crippen molar-refractivity contribution in [2.24, 2.45) is 5.92 Å². The number of hydrogen-bond acceptors (Lipinski definition) is 5. The highest BCUT2D eigenvalue weighted by Gasteiger charge is 2.28. The second kappa shape index (κ2) is 11.7. The topological polar surface area (TPSA) is 98.8 Å². The third-order valence-corrected chi connectivity index (χ3v) is 6.43. The maximum Gasteiger partial charge on any atom is 0.290 e. The van der Waals surface area contributed by atoms with Gasteiger partial charge in [0.15, 0.2) is 0 Å². The van der Waals surface area contributed by atoms with Crippen LogP contribution in [0, 0.1) is 5.92 Å². The number of H-pyrrole nitrogens is 1. The van der Waals surface area contributed by atoms with Crippen LogP contribution in [0.5, 0.6) is 5.75 Å². The van der Waals surface area contributed by atoms with Crippen molar-refractivity contribution in [3.05, 3.63) is 41.4 Å². The summed E-state index contributed by atoms with van der Waals surface area (Å²) in [5.41, 5.74) is 3.68. The van der Waals surface area contributed by atoms with Gasteiger partial charge >= 0.3 is 0 Å². The summed E-state index contributed by atoms with van der Waals surface area (Å²) in [6.07, 6.45) is 1.94. The molecule has 1 saturated heterocycles. The van der Waals surface area contributed by atoms with E-state index >= 15 is 0 Å². The number of halogens is 1. The number of hydrogen-bond donors (Lipinski definition) is 2. The number of imidazole rings is 1. The van der Waals surface area contributed by atoms with Gasteiger partial charge in [0, 0.05) is 43.5 Å². The van der Waals surface area contributed by atoms with Crippen molar-refractivity contribution < 1.29 is 19.4 Å². The first-order valence-corrected chi connectivity index (χ1v) is 11.8. The van der Waals surface area contributed by atoms with Gasteiger partial charge in [0.2, 0.25) is 5.91 Å². The van der Waals surface area contributed by atoms with E-state index < -0.39 is 0 Å². The van der Waals surface area contributed by atoms with Gasteiger partial charge in [0.25, 0.3) is 6.47 Å². The lowest BCUT2D eigenvalue weighted by molar-refractivity contribution is -0.135. The van der Waals surface area contributed by atoms with Crippen molar-refractivity contribution in [3.8, 4) is 17.1 Å². The Balaban J connectivity index is 0.00000103. The SMILES string of the molecule is CCN(CC)C(=O)C1CCCN(c2ccc(Cl)c(-c3nc4ccc(OC)cc4[nH]3)c2)C1.O=CO. The molecule has 2 aromatic carbocycles. The number of aromatic nitrogens is 2. The standard InChI is InChI=1S/C24H29ClN4O2.CH2O2/c1-4-28(5-2)24(30)16-7-6-12-29(15-16)17-8-10-20(25)19(13-17)23-26-21-11-9-18(31-3)14-22(21)27-23;2-1-3/h8-11,13-14,16H,4-7,12,15H2,1-3H3,(H,26,27);1H,(H,2,3). The van der Waals surface area contributed by atoms with Gasteiger partial charge in [-0.15, -0.1) is 0 Å². The van der Waals surface area contributed by atoms with Crippen molar-refractivity contribution in [1.82, 2.24) is 14.9 Å². The molecule has 1 amide bonds. The molecule has 34 heavy (non-hydrogen) atoms. The van der Waals surface area contributed by atoms with E-state index in [0.29, 0.717) is 5.02 Å². The van der Waals surface area contributed by atoms with E-state index in [1.54, 1.807) is 7.11 Å². The first-order chi connectivity index (χ1) is 16.4. The van der Waals surface area contributed by atoms with Crippen molar-refractivity contribution in [3.63, 3.8) is 0 Å². The Kier molecular flexibility index (Phi) is 8.76. The highest BCUT2D eigenvalue weighted by molar-refractivity contribution is 6.33. The summed E-state index contributed by atoms with van der Waals surface area (Å²) in [4.78, 5) is 33.6. The molecule has 8 nitrogen and oxygen atoms in total. The predicted molar refractivity (Wildman–Crippen MR) is 135 cm³/mol. The number of carboxylic acid groups (broad SMARTS) is 1. The number of benzene rings is 2. The third-order valence-electron chi connectivity index (χ3n) is 6.11. The lowest BCUT2D eigenvalue weighted by atomic mass is 9.95. The average Bonchev–Trinajstić information content (AvgIpc) is 3.28. The molecule has 182 valence electrons. The molecule has 1 atom stereocenters. The van der Waals surface area contributed by atoms with E-state index in [4.69, 9.17) is 31.2 Å². The van der Waals surface area contributed by atoms with Gasteiger partial charge in [0.1, 0.15) is 11.6 Å². The van der Waals surface area contributed by atoms with Gasteiger partial charge in [-0.05, 0) is 57.0 Å². The lowest BCUT2D eigenvalue weighted by Crippen LogP contribution is -2.44. The van der Waals surface area contributed by atoms with E-state index in [1.807, 2.05) is 49.1 Å². The monoisotopic (exact) mass is 486 g/mol. The zero-order valence-electron chi connectivity index (χ0n) is 19.8. The third kappa shape index (κ3) is 5.62. The zero-order valence-corrected chi connectivity index (χ0v) is 20.5. The summed E-state index contributed by atoms with van der Waals surface area (Å²) in [6.45, 7) is 7.00.